The van der Waals surface area contributed by atoms with Crippen molar-refractivity contribution < 1.29 is 14.0 Å². The predicted octanol–water partition coefficient (Wildman–Crippen LogP) is 4.19. The van der Waals surface area contributed by atoms with Crippen LogP contribution >= 0.6 is 11.3 Å². The molecule has 130 valence electrons. The second-order valence-corrected chi connectivity index (χ2v) is 6.18. The van der Waals surface area contributed by atoms with E-state index >= 15 is 0 Å². The third-order valence-corrected chi connectivity index (χ3v) is 4.16. The van der Waals surface area contributed by atoms with Crippen LogP contribution in [-0.4, -0.2) is 16.8 Å². The summed E-state index contributed by atoms with van der Waals surface area (Å²) in [6.07, 6.45) is 4.50. The first kappa shape index (κ1) is 17.5. The van der Waals surface area contributed by atoms with Crippen molar-refractivity contribution in [2.45, 2.75) is 0 Å². The molecule has 0 radical (unpaired) electrons. The lowest BCUT2D eigenvalue weighted by Gasteiger charge is -2.11. The fourth-order valence-electron chi connectivity index (χ4n) is 2.13. The maximum Gasteiger partial charge on any atom is 0.274 e. The average Bonchev–Trinajstić information content (AvgIpc) is 3.16. The molecular weight excluding hydrogens is 353 g/mol. The molecule has 1 aromatic carbocycles. The summed E-state index contributed by atoms with van der Waals surface area (Å²) >= 11 is 1.49. The third kappa shape index (κ3) is 4.61. The van der Waals surface area contributed by atoms with Crippen molar-refractivity contribution in [3.63, 3.8) is 0 Å². The zero-order chi connectivity index (χ0) is 18.4. The molecule has 2 aromatic heterocycles. The monoisotopic (exact) mass is 367 g/mol. The summed E-state index contributed by atoms with van der Waals surface area (Å²) in [5, 5.41) is 7.10. The van der Waals surface area contributed by atoms with Crippen molar-refractivity contribution in [2.24, 2.45) is 0 Å². The Labute approximate surface area is 153 Å². The van der Waals surface area contributed by atoms with E-state index in [4.69, 9.17) is 0 Å². The molecule has 7 heteroatoms. The van der Waals surface area contributed by atoms with Crippen molar-refractivity contribution in [1.82, 2.24) is 4.98 Å². The van der Waals surface area contributed by atoms with Gasteiger partial charge in [0, 0.05) is 17.2 Å². The Bertz CT molecular complexity index is 941. The molecule has 0 aliphatic rings. The fraction of sp³-hybridized carbons (Fsp3) is 0. The van der Waals surface area contributed by atoms with Crippen LogP contribution in [0, 0.1) is 5.82 Å². The van der Waals surface area contributed by atoms with Gasteiger partial charge in [0.05, 0.1) is 11.4 Å². The number of nitrogens with one attached hydrogen (secondary N) is 2. The molecule has 2 heterocycles. The first-order valence-electron chi connectivity index (χ1n) is 7.66. The van der Waals surface area contributed by atoms with Crippen molar-refractivity contribution in [3.05, 3.63) is 82.6 Å². The van der Waals surface area contributed by atoms with Gasteiger partial charge < -0.3 is 10.6 Å². The van der Waals surface area contributed by atoms with Crippen molar-refractivity contribution >= 4 is 40.6 Å². The predicted molar refractivity (Wildman–Crippen MR) is 101 cm³/mol. The first-order chi connectivity index (χ1) is 12.6. The molecule has 0 aliphatic carbocycles. The molecule has 2 amide bonds. The number of halogens is 1. The highest BCUT2D eigenvalue weighted by atomic mass is 32.1. The van der Waals surface area contributed by atoms with Crippen LogP contribution in [0.2, 0.25) is 0 Å². The summed E-state index contributed by atoms with van der Waals surface area (Å²) in [7, 11) is 0. The van der Waals surface area contributed by atoms with Crippen LogP contribution in [-0.2, 0) is 4.79 Å². The van der Waals surface area contributed by atoms with Gasteiger partial charge in [-0.3, -0.25) is 14.6 Å². The quantitative estimate of drug-likeness (QED) is 0.665. The van der Waals surface area contributed by atoms with Crippen molar-refractivity contribution in [2.75, 3.05) is 10.6 Å². The average molecular weight is 367 g/mol. The fourth-order valence-corrected chi connectivity index (χ4v) is 2.75. The van der Waals surface area contributed by atoms with Crippen molar-refractivity contribution in [1.29, 1.82) is 0 Å². The number of carbonyl (C=O) groups is 2. The topological polar surface area (TPSA) is 71.1 Å². The number of hydrogen-bond donors (Lipinski definition) is 2. The Morgan fingerprint density at radius 2 is 1.92 bits per heavy atom. The number of nitrogens with zero attached hydrogens (tertiary/aromatic N) is 1. The summed E-state index contributed by atoms with van der Waals surface area (Å²) < 4.78 is 13.6. The molecule has 0 saturated heterocycles. The van der Waals surface area contributed by atoms with Gasteiger partial charge in [0.15, 0.2) is 0 Å². The van der Waals surface area contributed by atoms with Crippen LogP contribution in [0.25, 0.3) is 6.08 Å². The Morgan fingerprint density at radius 1 is 1.04 bits per heavy atom. The summed E-state index contributed by atoms with van der Waals surface area (Å²) in [5.41, 5.74) is 0.654. The molecular formula is C19H14FN3O2S. The largest absolute Gasteiger partial charge is 0.321 e. The highest BCUT2D eigenvalue weighted by Crippen LogP contribution is 2.23. The van der Waals surface area contributed by atoms with Gasteiger partial charge in [-0.15, -0.1) is 11.3 Å². The molecule has 0 atom stereocenters. The number of amides is 2. The van der Waals surface area contributed by atoms with Gasteiger partial charge in [-0.25, -0.2) is 4.39 Å². The number of hydrogen-bond acceptors (Lipinski definition) is 4. The maximum absolute atomic E-state index is 13.6. The third-order valence-electron chi connectivity index (χ3n) is 3.33. The Morgan fingerprint density at radius 3 is 2.65 bits per heavy atom. The number of aromatic nitrogens is 1. The number of carbonyl (C=O) groups excluding carboxylic acids is 2. The minimum atomic E-state index is -0.529. The van der Waals surface area contributed by atoms with Crippen LogP contribution in [0.5, 0.6) is 0 Å². The second-order valence-electron chi connectivity index (χ2n) is 5.20. The highest BCUT2D eigenvalue weighted by molar-refractivity contribution is 7.10. The van der Waals surface area contributed by atoms with Crippen LogP contribution < -0.4 is 10.6 Å². The van der Waals surface area contributed by atoms with Gasteiger partial charge in [0.25, 0.3) is 5.91 Å². The van der Waals surface area contributed by atoms with E-state index in [1.807, 2.05) is 17.5 Å². The number of pyridine rings is 1. The molecule has 0 fully saturated rings. The van der Waals surface area contributed by atoms with E-state index < -0.39 is 17.6 Å². The maximum atomic E-state index is 13.6. The van der Waals surface area contributed by atoms with E-state index in [0.29, 0.717) is 0 Å². The Balaban J connectivity index is 1.75. The minimum absolute atomic E-state index is 0.162. The number of thiophene rings is 1. The molecule has 5 nitrogen and oxygen atoms in total. The molecule has 3 aromatic rings. The number of benzene rings is 1. The lowest BCUT2D eigenvalue weighted by atomic mass is 10.2. The SMILES string of the molecule is O=C(/C=C/c1cccs1)Nc1cc(F)ccc1NC(=O)c1ccccn1. The van der Waals surface area contributed by atoms with E-state index in [-0.39, 0.29) is 17.1 Å². The molecule has 3 rings (SSSR count). The van der Waals surface area contributed by atoms with Gasteiger partial charge in [0.1, 0.15) is 11.5 Å². The highest BCUT2D eigenvalue weighted by Gasteiger charge is 2.12. The van der Waals surface area contributed by atoms with Gasteiger partial charge in [-0.2, -0.15) is 0 Å². The first-order valence-corrected chi connectivity index (χ1v) is 8.54. The number of rotatable bonds is 5. The zero-order valence-electron chi connectivity index (χ0n) is 13.5. The molecule has 0 bridgehead atoms. The van der Waals surface area contributed by atoms with Crippen molar-refractivity contribution in [3.8, 4) is 0 Å². The standard InChI is InChI=1S/C19H14FN3O2S/c20-13-6-8-15(23-19(25)16-5-1-2-10-21-16)17(12-13)22-18(24)9-7-14-4-3-11-26-14/h1-12H,(H,22,24)(H,23,25)/b9-7+. The van der Waals surface area contributed by atoms with Gasteiger partial charge in [-0.1, -0.05) is 12.1 Å². The van der Waals surface area contributed by atoms with Gasteiger partial charge in [0.2, 0.25) is 5.91 Å². The van der Waals surface area contributed by atoms with Crippen LogP contribution in [0.3, 0.4) is 0 Å². The van der Waals surface area contributed by atoms with Crippen LogP contribution in [0.15, 0.2) is 66.2 Å². The van der Waals surface area contributed by atoms with Gasteiger partial charge in [-0.05, 0) is 47.9 Å². The van der Waals surface area contributed by atoms with E-state index in [9.17, 15) is 14.0 Å². The molecule has 2 N–H and O–H groups in total. The van der Waals surface area contributed by atoms with E-state index in [1.165, 1.54) is 35.7 Å². The van der Waals surface area contributed by atoms with E-state index in [1.54, 1.807) is 24.3 Å². The summed E-state index contributed by atoms with van der Waals surface area (Å²) in [6, 6.07) is 12.4. The van der Waals surface area contributed by atoms with E-state index in [0.717, 1.165) is 10.9 Å². The molecule has 26 heavy (non-hydrogen) atoms. The zero-order valence-corrected chi connectivity index (χ0v) is 14.3. The van der Waals surface area contributed by atoms with E-state index in [2.05, 4.69) is 15.6 Å². The minimum Gasteiger partial charge on any atom is -0.321 e. The molecule has 0 aliphatic heterocycles. The lowest BCUT2D eigenvalue weighted by Crippen LogP contribution is -2.16. The Hall–Kier alpha value is -3.32. The summed E-state index contributed by atoms with van der Waals surface area (Å²) in [5.74, 6) is -1.42. The number of anilines is 2. The lowest BCUT2D eigenvalue weighted by molar-refractivity contribution is -0.111. The van der Waals surface area contributed by atoms with Crippen LogP contribution in [0.4, 0.5) is 15.8 Å². The smallest absolute Gasteiger partial charge is 0.274 e. The summed E-state index contributed by atoms with van der Waals surface area (Å²) in [6.45, 7) is 0. The summed E-state index contributed by atoms with van der Waals surface area (Å²) in [4.78, 5) is 29.2. The Kier molecular flexibility index (Phi) is 5.50. The molecule has 0 saturated carbocycles. The molecule has 0 spiro atoms. The molecule has 0 unspecified atom stereocenters. The second kappa shape index (κ2) is 8.17. The van der Waals surface area contributed by atoms with Crippen LogP contribution in [0.1, 0.15) is 15.4 Å². The normalized spacial score (nSPS) is 10.7. The van der Waals surface area contributed by atoms with Gasteiger partial charge >= 0.3 is 0 Å².